The molecule has 0 fully saturated rings. The van der Waals surface area contributed by atoms with Gasteiger partial charge in [-0.25, -0.2) is 0 Å². The first-order chi connectivity index (χ1) is 3.27. The van der Waals surface area contributed by atoms with Gasteiger partial charge in [-0.3, -0.25) is 0 Å². The largest absolute Gasteiger partial charge is 1.00 e. The Bertz CT molecular complexity index is 110. The van der Waals surface area contributed by atoms with Crippen molar-refractivity contribution in [2.45, 2.75) is 5.32 Å². The number of carboxylic acids is 1. The number of carbonyl (C=O) groups is 1. The molecule has 0 aromatic heterocycles. The normalized spacial score (nSPS) is 6.38. The zero-order valence-corrected chi connectivity index (χ0v) is 9.22. The first kappa shape index (κ1) is 11.9. The van der Waals surface area contributed by atoms with E-state index in [2.05, 4.69) is 0 Å². The van der Waals surface area contributed by atoms with E-state index in [9.17, 15) is 9.90 Å². The summed E-state index contributed by atoms with van der Waals surface area (Å²) in [5, 5.41) is 17.2. The standard InChI is InChI=1S/C3H3NO2Se.K/c4-2-7-1-3(5)6;/h1H2,(H,5,6);/q;+1/p-1. The minimum Gasteiger partial charge on any atom is 1.00 e. The van der Waals surface area contributed by atoms with Crippen molar-refractivity contribution in [2.24, 2.45) is 0 Å². The first-order valence-electron chi connectivity index (χ1n) is 1.48. The van der Waals surface area contributed by atoms with Crippen LogP contribution < -0.4 is 56.5 Å². The van der Waals surface area contributed by atoms with Gasteiger partial charge in [0.15, 0.2) is 0 Å². The molecule has 38 valence electrons. The summed E-state index contributed by atoms with van der Waals surface area (Å²) < 4.78 is 0. The van der Waals surface area contributed by atoms with Gasteiger partial charge in [-0.1, -0.05) is 0 Å². The average Bonchev–Trinajstić information content (AvgIpc) is 1.61. The van der Waals surface area contributed by atoms with Crippen molar-refractivity contribution in [3.8, 4) is 4.97 Å². The Labute approximate surface area is 96.0 Å². The molecule has 0 aliphatic carbocycles. The Morgan fingerprint density at radius 2 is 2.38 bits per heavy atom. The van der Waals surface area contributed by atoms with E-state index < -0.39 is 20.9 Å². The van der Waals surface area contributed by atoms with Crippen LogP contribution in [0.4, 0.5) is 0 Å². The van der Waals surface area contributed by atoms with Gasteiger partial charge in [0.05, 0.1) is 0 Å². The molecule has 0 aliphatic heterocycles. The second-order valence-corrected chi connectivity index (χ2v) is 2.35. The van der Waals surface area contributed by atoms with Crippen molar-refractivity contribution < 1.29 is 61.3 Å². The molecule has 0 saturated carbocycles. The summed E-state index contributed by atoms with van der Waals surface area (Å²) in [6.07, 6.45) is 0. The van der Waals surface area contributed by atoms with Gasteiger partial charge in [0.1, 0.15) is 0 Å². The summed E-state index contributed by atoms with van der Waals surface area (Å²) in [5.74, 6) is -1.14. The Morgan fingerprint density at radius 1 is 1.88 bits per heavy atom. The molecular weight excluding hydrogens is 200 g/mol. The van der Waals surface area contributed by atoms with E-state index in [0.717, 1.165) is 0 Å². The van der Waals surface area contributed by atoms with E-state index in [1.807, 2.05) is 0 Å². The Kier molecular flexibility index (Phi) is 12.0. The molecule has 0 aromatic rings. The van der Waals surface area contributed by atoms with Gasteiger partial charge in [0.25, 0.3) is 0 Å². The van der Waals surface area contributed by atoms with Crippen LogP contribution in [0, 0.1) is 10.2 Å². The molecular formula is C3H2KNO2Se. The molecule has 5 heteroatoms. The van der Waals surface area contributed by atoms with Gasteiger partial charge in [-0.2, -0.15) is 0 Å². The fraction of sp³-hybridized carbons (Fsp3) is 0.333. The SMILES string of the molecule is N#C[Se]CC(=O)[O-].[K+]. The number of carboxylic acid groups (broad SMARTS) is 1. The van der Waals surface area contributed by atoms with Crippen LogP contribution in [0.25, 0.3) is 0 Å². The third-order valence-electron chi connectivity index (χ3n) is 0.255. The van der Waals surface area contributed by atoms with E-state index >= 15 is 0 Å². The quantitative estimate of drug-likeness (QED) is 0.423. The second kappa shape index (κ2) is 8.12. The van der Waals surface area contributed by atoms with E-state index in [-0.39, 0.29) is 56.7 Å². The molecule has 0 amide bonds. The van der Waals surface area contributed by atoms with Gasteiger partial charge in [-0.15, -0.1) is 0 Å². The van der Waals surface area contributed by atoms with Crippen LogP contribution in [-0.2, 0) is 4.79 Å². The van der Waals surface area contributed by atoms with Crippen LogP contribution >= 0.6 is 0 Å². The molecule has 0 spiro atoms. The molecule has 0 saturated heterocycles. The number of hydrogen-bond acceptors (Lipinski definition) is 3. The van der Waals surface area contributed by atoms with E-state index in [0.29, 0.717) is 0 Å². The predicted molar refractivity (Wildman–Crippen MR) is 21.2 cm³/mol. The van der Waals surface area contributed by atoms with Crippen molar-refractivity contribution in [3.05, 3.63) is 0 Å². The van der Waals surface area contributed by atoms with Crippen molar-refractivity contribution in [2.75, 3.05) is 0 Å². The van der Waals surface area contributed by atoms with Gasteiger partial charge < -0.3 is 0 Å². The summed E-state index contributed by atoms with van der Waals surface area (Å²) in [6.45, 7) is 0. The predicted octanol–water partition coefficient (Wildman–Crippen LogP) is -4.66. The Balaban J connectivity index is 0. The number of nitriles is 1. The number of hydrogen-bond donors (Lipinski definition) is 0. The molecule has 0 radical (unpaired) electrons. The zero-order chi connectivity index (χ0) is 5.70. The maximum absolute atomic E-state index is 9.51. The number of carbonyl (C=O) groups excluding carboxylic acids is 1. The Hall–Kier alpha value is 1.12. The van der Waals surface area contributed by atoms with Crippen LogP contribution in [0.15, 0.2) is 0 Å². The molecule has 0 aromatic carbocycles. The summed E-state index contributed by atoms with van der Waals surface area (Å²) in [6, 6.07) is 0. The fourth-order valence-corrected chi connectivity index (χ4v) is 0.474. The number of rotatable bonds is 2. The maximum Gasteiger partial charge on any atom is 1.00 e. The smallest absolute Gasteiger partial charge is 1.00 e. The third-order valence-corrected chi connectivity index (χ3v) is 1.32. The van der Waals surface area contributed by atoms with Crippen LogP contribution in [0.1, 0.15) is 0 Å². The third kappa shape index (κ3) is 10.2. The monoisotopic (exact) mass is 203 g/mol. The summed E-state index contributed by atoms with van der Waals surface area (Å²) >= 11 is -0.418. The van der Waals surface area contributed by atoms with Crippen molar-refractivity contribution >= 4 is 20.9 Å². The van der Waals surface area contributed by atoms with E-state index in [4.69, 9.17) is 5.26 Å². The molecule has 0 bridgehead atoms. The molecule has 0 unspecified atom stereocenters. The fourth-order valence-electron chi connectivity index (χ4n) is 0.0912. The van der Waals surface area contributed by atoms with E-state index in [1.165, 1.54) is 0 Å². The first-order valence-corrected chi connectivity index (χ1v) is 3.55. The molecule has 0 aliphatic rings. The van der Waals surface area contributed by atoms with Crippen molar-refractivity contribution in [1.82, 2.24) is 0 Å². The zero-order valence-electron chi connectivity index (χ0n) is 4.38. The topological polar surface area (TPSA) is 63.9 Å². The summed E-state index contributed by atoms with van der Waals surface area (Å²) in [7, 11) is 0. The molecule has 0 atom stereocenters. The molecule has 8 heavy (non-hydrogen) atoms. The van der Waals surface area contributed by atoms with Crippen LogP contribution in [0.3, 0.4) is 0 Å². The minimum atomic E-state index is -1.14. The molecule has 0 N–H and O–H groups in total. The van der Waals surface area contributed by atoms with Gasteiger partial charge in [-0.05, 0) is 0 Å². The van der Waals surface area contributed by atoms with Crippen LogP contribution in [-0.4, -0.2) is 20.9 Å². The van der Waals surface area contributed by atoms with E-state index in [1.54, 1.807) is 4.97 Å². The van der Waals surface area contributed by atoms with Gasteiger partial charge >= 0.3 is 97.8 Å². The average molecular weight is 202 g/mol. The summed E-state index contributed by atoms with van der Waals surface area (Å²) in [5.41, 5.74) is 0. The van der Waals surface area contributed by atoms with Crippen LogP contribution in [0.5, 0.6) is 0 Å². The van der Waals surface area contributed by atoms with Crippen molar-refractivity contribution in [3.63, 3.8) is 0 Å². The molecule has 0 heterocycles. The maximum atomic E-state index is 9.51. The van der Waals surface area contributed by atoms with Gasteiger partial charge in [0, 0.05) is 0 Å². The number of nitrogens with zero attached hydrogens (tertiary/aromatic N) is 1. The molecule has 3 nitrogen and oxygen atoms in total. The Morgan fingerprint density at radius 3 is 2.50 bits per heavy atom. The summed E-state index contributed by atoms with van der Waals surface area (Å²) in [4.78, 5) is 11.3. The second-order valence-electron chi connectivity index (χ2n) is 0.752. The van der Waals surface area contributed by atoms with Crippen molar-refractivity contribution in [1.29, 1.82) is 5.26 Å². The van der Waals surface area contributed by atoms with Gasteiger partial charge in [0.2, 0.25) is 0 Å². The minimum absolute atomic E-state index is 0. The molecule has 0 rings (SSSR count). The van der Waals surface area contributed by atoms with Crippen LogP contribution in [0.2, 0.25) is 5.32 Å². The number of aliphatic carboxylic acids is 1.